The quantitative estimate of drug-likeness (QED) is 0.0195. The number of rotatable bonds is 61. The smallest absolute Gasteiger partial charge is 0.306 e. The van der Waals surface area contributed by atoms with Crippen LogP contribution in [0.3, 0.4) is 0 Å². The second kappa shape index (κ2) is 60.6. The summed E-state index contributed by atoms with van der Waals surface area (Å²) in [5.74, 6) is -1.24. The van der Waals surface area contributed by atoms with Gasteiger partial charge >= 0.3 is 5.97 Å². The van der Waals surface area contributed by atoms with Crippen molar-refractivity contribution >= 4 is 11.9 Å². The van der Waals surface area contributed by atoms with E-state index in [9.17, 15) is 35.1 Å². The van der Waals surface area contributed by atoms with E-state index in [1.54, 1.807) is 6.08 Å². The molecule has 0 aromatic rings. The van der Waals surface area contributed by atoms with Gasteiger partial charge in [-0.1, -0.05) is 319 Å². The van der Waals surface area contributed by atoms with Crippen molar-refractivity contribution < 1.29 is 49.3 Å². The van der Waals surface area contributed by atoms with Crippen LogP contribution in [-0.4, -0.2) is 99.6 Å². The molecular weight excluding hydrogens is 1050 g/mol. The molecule has 84 heavy (non-hydrogen) atoms. The normalized spacial score (nSPS) is 18.8. The second-order valence-corrected chi connectivity index (χ2v) is 24.6. The van der Waals surface area contributed by atoms with Crippen LogP contribution in [0.15, 0.2) is 60.8 Å². The Labute approximate surface area is 516 Å². The molecule has 1 aliphatic heterocycles. The van der Waals surface area contributed by atoms with Crippen molar-refractivity contribution in [3.8, 4) is 0 Å². The van der Waals surface area contributed by atoms with E-state index in [-0.39, 0.29) is 19.4 Å². The Balaban J connectivity index is 2.55. The summed E-state index contributed by atoms with van der Waals surface area (Å²) in [5.41, 5.74) is 0. The van der Waals surface area contributed by atoms with Gasteiger partial charge in [-0.2, -0.15) is 0 Å². The lowest BCUT2D eigenvalue weighted by atomic mass is 9.99. The number of nitrogens with one attached hydrogen (secondary N) is 1. The van der Waals surface area contributed by atoms with E-state index in [1.165, 1.54) is 212 Å². The molecule has 6 N–H and O–H groups in total. The molecule has 8 atom stereocenters. The topological polar surface area (TPSA) is 175 Å². The molecule has 1 amide bonds. The Hall–Kier alpha value is -2.64. The molecule has 11 nitrogen and oxygen atoms in total. The number of ether oxygens (including phenoxy) is 3. The molecule has 1 saturated heterocycles. The van der Waals surface area contributed by atoms with Crippen LogP contribution in [0, 0.1) is 0 Å². The molecule has 0 aliphatic carbocycles. The number of aliphatic hydroxyl groups is 5. The van der Waals surface area contributed by atoms with E-state index in [0.29, 0.717) is 12.8 Å². The number of allylic oxidation sites excluding steroid dienone is 9. The number of unbranched alkanes of at least 4 members (excludes halogenated alkanes) is 39. The van der Waals surface area contributed by atoms with Gasteiger partial charge < -0.3 is 45.1 Å². The summed E-state index contributed by atoms with van der Waals surface area (Å²) in [6, 6.07) is -1.05. The molecule has 0 radical (unpaired) electrons. The summed E-state index contributed by atoms with van der Waals surface area (Å²) in [5, 5.41) is 57.1. The molecule has 0 aromatic heterocycles. The Kier molecular flexibility index (Phi) is 57.3. The van der Waals surface area contributed by atoms with Crippen LogP contribution < -0.4 is 5.32 Å². The number of hydrogen-bond donors (Lipinski definition) is 6. The van der Waals surface area contributed by atoms with Crippen LogP contribution in [0.4, 0.5) is 0 Å². The van der Waals surface area contributed by atoms with Gasteiger partial charge in [-0.25, -0.2) is 0 Å². The molecular formula is C73H133NO10. The van der Waals surface area contributed by atoms with Crippen molar-refractivity contribution in [3.63, 3.8) is 0 Å². The fourth-order valence-electron chi connectivity index (χ4n) is 11.1. The zero-order valence-corrected chi connectivity index (χ0v) is 54.5. The van der Waals surface area contributed by atoms with Crippen LogP contribution >= 0.6 is 0 Å². The van der Waals surface area contributed by atoms with Crippen molar-refractivity contribution in [3.05, 3.63) is 60.8 Å². The van der Waals surface area contributed by atoms with E-state index in [1.807, 2.05) is 18.2 Å². The molecule has 11 heteroatoms. The number of carbonyl (C=O) groups is 2. The minimum Gasteiger partial charge on any atom is -0.454 e. The first-order valence-corrected chi connectivity index (χ1v) is 35.6. The SMILES string of the molecule is CCCCC/C=C\C/C=C\C/C=C\C/C=C\CCC(O)C(=O)NC(COC1OC(CO)C(O)C(O)C1OC(=O)CCCCCCCCCCCCCCCCCCCCCCCCCCCCC)C(O)/C=C/CCCCCCCCCCCC. The Morgan fingerprint density at radius 1 is 0.464 bits per heavy atom. The maximum absolute atomic E-state index is 13.4. The predicted molar refractivity (Wildman–Crippen MR) is 352 cm³/mol. The predicted octanol–water partition coefficient (Wildman–Crippen LogP) is 18.1. The fraction of sp³-hybridized carbons (Fsp3) is 0.836. The van der Waals surface area contributed by atoms with E-state index in [0.717, 1.165) is 70.6 Å². The van der Waals surface area contributed by atoms with Gasteiger partial charge in [0.15, 0.2) is 12.4 Å². The highest BCUT2D eigenvalue weighted by molar-refractivity contribution is 5.80. The van der Waals surface area contributed by atoms with Gasteiger partial charge in [0.1, 0.15) is 24.4 Å². The van der Waals surface area contributed by atoms with Gasteiger partial charge in [-0.3, -0.25) is 9.59 Å². The highest BCUT2D eigenvalue weighted by Crippen LogP contribution is 2.26. The molecule has 1 heterocycles. The second-order valence-electron chi connectivity index (χ2n) is 24.6. The van der Waals surface area contributed by atoms with Gasteiger partial charge in [-0.15, -0.1) is 0 Å². The monoisotopic (exact) mass is 1180 g/mol. The fourth-order valence-corrected chi connectivity index (χ4v) is 11.1. The molecule has 0 spiro atoms. The summed E-state index contributed by atoms with van der Waals surface area (Å²) in [4.78, 5) is 26.6. The standard InChI is InChI=1S/C73H133NO10/c1-4-7-10-13-16-19-22-25-27-29-30-31-32-33-34-35-36-37-38-39-41-43-46-49-52-55-58-61-68(78)84-71-70(80)69(79)67(62-75)83-73(71)82-63-64(65(76)59-56-53-50-47-44-24-21-18-15-12-9-6-3)74-72(81)66(77)60-57-54-51-48-45-42-40-28-26-23-20-17-14-11-8-5-2/h17,20,26,28,42,45,51,54,56,59,64-67,69-71,73,75-77,79-80H,4-16,18-19,21-25,27,29-41,43-44,46-50,52-53,55,57-58,60-63H2,1-3H3,(H,74,81)/b20-17-,28-26-,45-42-,54-51-,59-56+. The van der Waals surface area contributed by atoms with E-state index in [2.05, 4.69) is 62.5 Å². The summed E-state index contributed by atoms with van der Waals surface area (Å²) in [7, 11) is 0. The summed E-state index contributed by atoms with van der Waals surface area (Å²) in [6.45, 7) is 5.76. The van der Waals surface area contributed by atoms with Crippen LogP contribution in [0.25, 0.3) is 0 Å². The molecule has 490 valence electrons. The number of hydrogen-bond acceptors (Lipinski definition) is 10. The van der Waals surface area contributed by atoms with Crippen LogP contribution in [0.2, 0.25) is 0 Å². The first-order chi connectivity index (χ1) is 41.2. The van der Waals surface area contributed by atoms with Gasteiger partial charge in [0.2, 0.25) is 5.91 Å². The van der Waals surface area contributed by atoms with E-state index >= 15 is 0 Å². The molecule has 0 saturated carbocycles. The lowest BCUT2D eigenvalue weighted by molar-refractivity contribution is -0.305. The van der Waals surface area contributed by atoms with Gasteiger partial charge in [0.25, 0.3) is 0 Å². The van der Waals surface area contributed by atoms with E-state index in [4.69, 9.17) is 14.2 Å². The van der Waals surface area contributed by atoms with Crippen molar-refractivity contribution in [2.24, 2.45) is 0 Å². The molecule has 0 aromatic carbocycles. The van der Waals surface area contributed by atoms with E-state index < -0.39 is 67.4 Å². The number of aliphatic hydroxyl groups excluding tert-OH is 5. The summed E-state index contributed by atoms with van der Waals surface area (Å²) < 4.78 is 17.7. The third kappa shape index (κ3) is 47.4. The summed E-state index contributed by atoms with van der Waals surface area (Å²) >= 11 is 0. The van der Waals surface area contributed by atoms with Crippen molar-refractivity contribution in [2.75, 3.05) is 13.2 Å². The molecule has 1 rings (SSSR count). The maximum Gasteiger partial charge on any atom is 0.306 e. The molecule has 0 bridgehead atoms. The van der Waals surface area contributed by atoms with Crippen LogP contribution in [0.1, 0.15) is 329 Å². The largest absolute Gasteiger partial charge is 0.454 e. The molecule has 1 fully saturated rings. The van der Waals surface area contributed by atoms with Gasteiger partial charge in [0.05, 0.1) is 25.4 Å². The minimum atomic E-state index is -1.62. The Bertz CT molecular complexity index is 1600. The zero-order valence-electron chi connectivity index (χ0n) is 54.5. The molecule has 1 aliphatic rings. The van der Waals surface area contributed by atoms with Gasteiger partial charge in [-0.05, 0) is 64.2 Å². The third-order valence-electron chi connectivity index (χ3n) is 16.7. The third-order valence-corrected chi connectivity index (χ3v) is 16.7. The lowest BCUT2D eigenvalue weighted by Crippen LogP contribution is -2.61. The van der Waals surface area contributed by atoms with Crippen LogP contribution in [0.5, 0.6) is 0 Å². The highest BCUT2D eigenvalue weighted by Gasteiger charge is 2.47. The first-order valence-electron chi connectivity index (χ1n) is 35.6. The zero-order chi connectivity index (χ0) is 61.0. The number of carbonyl (C=O) groups excluding carboxylic acids is 2. The number of amides is 1. The summed E-state index contributed by atoms with van der Waals surface area (Å²) in [6.07, 6.45) is 67.2. The van der Waals surface area contributed by atoms with Gasteiger partial charge in [0, 0.05) is 6.42 Å². The number of esters is 1. The maximum atomic E-state index is 13.4. The van der Waals surface area contributed by atoms with Crippen molar-refractivity contribution in [1.29, 1.82) is 0 Å². The average molecular weight is 1180 g/mol. The highest BCUT2D eigenvalue weighted by atomic mass is 16.7. The first kappa shape index (κ1) is 79.4. The minimum absolute atomic E-state index is 0.120. The Morgan fingerprint density at radius 3 is 1.25 bits per heavy atom. The van der Waals surface area contributed by atoms with Crippen LogP contribution in [-0.2, 0) is 23.8 Å². The Morgan fingerprint density at radius 2 is 0.821 bits per heavy atom. The molecule has 8 unspecified atom stereocenters. The van der Waals surface area contributed by atoms with Crippen molar-refractivity contribution in [2.45, 2.75) is 378 Å². The lowest BCUT2D eigenvalue weighted by Gasteiger charge is -2.41. The average Bonchev–Trinajstić information content (AvgIpc) is 3.54. The van der Waals surface area contributed by atoms with Crippen molar-refractivity contribution in [1.82, 2.24) is 5.32 Å².